The Morgan fingerprint density at radius 2 is 1.94 bits per heavy atom. The van der Waals surface area contributed by atoms with E-state index in [1.165, 1.54) is 31.2 Å². The van der Waals surface area contributed by atoms with Crippen LogP contribution >= 0.6 is 0 Å². The predicted molar refractivity (Wildman–Crippen MR) is 74.1 cm³/mol. The van der Waals surface area contributed by atoms with E-state index in [4.69, 9.17) is 4.74 Å². The van der Waals surface area contributed by atoms with Crippen molar-refractivity contribution in [1.29, 1.82) is 0 Å². The Bertz CT molecular complexity index is 410. The van der Waals surface area contributed by atoms with Gasteiger partial charge < -0.3 is 10.1 Å². The molecule has 0 aliphatic heterocycles. The molecule has 2 heteroatoms. The number of ether oxygens (including phenoxy) is 1. The largest absolute Gasteiger partial charge is 0.497 e. The lowest BCUT2D eigenvalue weighted by Gasteiger charge is -2.49. The number of rotatable bonds is 5. The van der Waals surface area contributed by atoms with Gasteiger partial charge in [-0.1, -0.05) is 19.1 Å². The van der Waals surface area contributed by atoms with Crippen LogP contribution in [0.25, 0.3) is 0 Å². The van der Waals surface area contributed by atoms with E-state index in [-0.39, 0.29) is 0 Å². The first kappa shape index (κ1) is 12.0. The third-order valence-corrected chi connectivity index (χ3v) is 4.92. The van der Waals surface area contributed by atoms with Crippen molar-refractivity contribution in [2.24, 2.45) is 5.92 Å². The van der Waals surface area contributed by atoms with Gasteiger partial charge in [0.1, 0.15) is 5.75 Å². The van der Waals surface area contributed by atoms with E-state index in [0.29, 0.717) is 5.41 Å². The van der Waals surface area contributed by atoms with Crippen LogP contribution in [0, 0.1) is 5.92 Å². The van der Waals surface area contributed by atoms with Crippen molar-refractivity contribution >= 4 is 0 Å². The van der Waals surface area contributed by atoms with Crippen LogP contribution in [0.2, 0.25) is 0 Å². The first-order valence-electron chi connectivity index (χ1n) is 7.12. The van der Waals surface area contributed by atoms with Crippen molar-refractivity contribution in [3.05, 3.63) is 29.8 Å². The summed E-state index contributed by atoms with van der Waals surface area (Å²) in [7, 11) is 1.73. The van der Waals surface area contributed by atoms with Crippen LogP contribution in [0.5, 0.6) is 5.75 Å². The fraction of sp³-hybridized carbons (Fsp3) is 0.625. The summed E-state index contributed by atoms with van der Waals surface area (Å²) in [5.74, 6) is 1.74. The van der Waals surface area contributed by atoms with E-state index in [2.05, 4.69) is 36.5 Å². The minimum Gasteiger partial charge on any atom is -0.497 e. The SMILES string of the molecule is COc1ccc(C2(CNC3CC3)CCC2C)cc1. The number of benzene rings is 1. The Morgan fingerprint density at radius 1 is 1.22 bits per heavy atom. The van der Waals surface area contributed by atoms with E-state index in [1.807, 2.05) is 0 Å². The standard InChI is InChI=1S/C16H23NO/c1-12-9-10-16(12,11-17-14-5-6-14)13-3-7-15(18-2)8-4-13/h3-4,7-8,12,14,17H,5-6,9-11H2,1-2H3. The summed E-state index contributed by atoms with van der Waals surface area (Å²) >= 11 is 0. The zero-order chi connectivity index (χ0) is 12.6. The highest BCUT2D eigenvalue weighted by molar-refractivity contribution is 5.35. The molecular formula is C16H23NO. The van der Waals surface area contributed by atoms with Gasteiger partial charge in [-0.15, -0.1) is 0 Å². The molecular weight excluding hydrogens is 222 g/mol. The monoisotopic (exact) mass is 245 g/mol. The van der Waals surface area contributed by atoms with Crippen LogP contribution in [0.4, 0.5) is 0 Å². The van der Waals surface area contributed by atoms with E-state index < -0.39 is 0 Å². The number of hydrogen-bond acceptors (Lipinski definition) is 2. The zero-order valence-corrected chi connectivity index (χ0v) is 11.4. The smallest absolute Gasteiger partial charge is 0.118 e. The van der Waals surface area contributed by atoms with Crippen molar-refractivity contribution in [3.8, 4) is 5.75 Å². The minimum atomic E-state index is 0.370. The molecule has 1 aromatic carbocycles. The highest BCUT2D eigenvalue weighted by atomic mass is 16.5. The lowest BCUT2D eigenvalue weighted by molar-refractivity contribution is 0.133. The van der Waals surface area contributed by atoms with Crippen molar-refractivity contribution < 1.29 is 4.74 Å². The average molecular weight is 245 g/mol. The maximum atomic E-state index is 5.25. The first-order chi connectivity index (χ1) is 8.74. The van der Waals surface area contributed by atoms with Crippen LogP contribution in [-0.4, -0.2) is 19.7 Å². The van der Waals surface area contributed by atoms with Crippen molar-refractivity contribution in [2.75, 3.05) is 13.7 Å². The molecule has 0 bridgehead atoms. The van der Waals surface area contributed by atoms with E-state index in [1.54, 1.807) is 7.11 Å². The second-order valence-electron chi connectivity index (χ2n) is 5.98. The lowest BCUT2D eigenvalue weighted by atomic mass is 9.57. The molecule has 1 aromatic rings. The van der Waals surface area contributed by atoms with Gasteiger partial charge in [-0.05, 0) is 49.3 Å². The molecule has 2 atom stereocenters. The highest BCUT2D eigenvalue weighted by Gasteiger charge is 2.45. The van der Waals surface area contributed by atoms with Gasteiger partial charge in [0.15, 0.2) is 0 Å². The van der Waals surface area contributed by atoms with Crippen LogP contribution in [-0.2, 0) is 5.41 Å². The summed E-state index contributed by atoms with van der Waals surface area (Å²) in [5.41, 5.74) is 1.85. The average Bonchev–Trinajstić information content (AvgIpc) is 3.22. The van der Waals surface area contributed by atoms with Gasteiger partial charge in [0.2, 0.25) is 0 Å². The number of nitrogens with one attached hydrogen (secondary N) is 1. The minimum absolute atomic E-state index is 0.370. The molecule has 0 heterocycles. The molecule has 2 nitrogen and oxygen atoms in total. The van der Waals surface area contributed by atoms with Gasteiger partial charge in [-0.3, -0.25) is 0 Å². The molecule has 3 rings (SSSR count). The van der Waals surface area contributed by atoms with Crippen molar-refractivity contribution in [3.63, 3.8) is 0 Å². The quantitative estimate of drug-likeness (QED) is 0.860. The zero-order valence-electron chi connectivity index (χ0n) is 11.4. The molecule has 2 aliphatic carbocycles. The second-order valence-corrected chi connectivity index (χ2v) is 5.98. The topological polar surface area (TPSA) is 21.3 Å². The Balaban J connectivity index is 1.78. The summed E-state index contributed by atoms with van der Waals surface area (Å²) in [6.45, 7) is 3.54. The van der Waals surface area contributed by atoms with Gasteiger partial charge in [0, 0.05) is 18.0 Å². The number of methoxy groups -OCH3 is 1. The van der Waals surface area contributed by atoms with Gasteiger partial charge >= 0.3 is 0 Å². The predicted octanol–water partition coefficient (Wildman–Crippen LogP) is 3.11. The molecule has 2 saturated carbocycles. The third-order valence-electron chi connectivity index (χ3n) is 4.92. The summed E-state index contributed by atoms with van der Waals surface area (Å²) in [4.78, 5) is 0. The molecule has 0 amide bonds. The summed E-state index contributed by atoms with van der Waals surface area (Å²) in [6.07, 6.45) is 5.42. The van der Waals surface area contributed by atoms with Crippen LogP contribution in [0.3, 0.4) is 0 Å². The fourth-order valence-electron chi connectivity index (χ4n) is 3.11. The highest BCUT2D eigenvalue weighted by Crippen LogP contribution is 2.48. The molecule has 98 valence electrons. The van der Waals surface area contributed by atoms with Crippen LogP contribution < -0.4 is 10.1 Å². The van der Waals surface area contributed by atoms with Gasteiger partial charge in [-0.2, -0.15) is 0 Å². The fourth-order valence-corrected chi connectivity index (χ4v) is 3.11. The third kappa shape index (κ3) is 2.03. The van der Waals surface area contributed by atoms with E-state index in [9.17, 15) is 0 Å². The molecule has 0 spiro atoms. The van der Waals surface area contributed by atoms with Crippen molar-refractivity contribution in [1.82, 2.24) is 5.32 Å². The summed E-state index contributed by atoms with van der Waals surface area (Å²) in [5, 5.41) is 3.73. The molecule has 2 unspecified atom stereocenters. The van der Waals surface area contributed by atoms with E-state index >= 15 is 0 Å². The molecule has 18 heavy (non-hydrogen) atoms. The van der Waals surface area contributed by atoms with Crippen molar-refractivity contribution in [2.45, 2.75) is 44.1 Å². The van der Waals surface area contributed by atoms with Gasteiger partial charge in [-0.25, -0.2) is 0 Å². The first-order valence-corrected chi connectivity index (χ1v) is 7.12. The Morgan fingerprint density at radius 3 is 2.39 bits per heavy atom. The Kier molecular flexibility index (Phi) is 3.06. The maximum Gasteiger partial charge on any atom is 0.118 e. The lowest BCUT2D eigenvalue weighted by Crippen LogP contribution is -2.50. The molecule has 2 fully saturated rings. The Labute approximate surface area is 110 Å². The van der Waals surface area contributed by atoms with Gasteiger partial charge in [0.05, 0.1) is 7.11 Å². The van der Waals surface area contributed by atoms with Gasteiger partial charge in [0.25, 0.3) is 0 Å². The van der Waals surface area contributed by atoms with E-state index in [0.717, 1.165) is 24.3 Å². The maximum absolute atomic E-state index is 5.25. The van der Waals surface area contributed by atoms with Crippen LogP contribution in [0.1, 0.15) is 38.2 Å². The number of hydrogen-bond donors (Lipinski definition) is 1. The molecule has 1 N–H and O–H groups in total. The molecule has 2 aliphatic rings. The molecule has 0 aromatic heterocycles. The molecule has 0 radical (unpaired) electrons. The summed E-state index contributed by atoms with van der Waals surface area (Å²) < 4.78 is 5.25. The molecule has 0 saturated heterocycles. The normalized spacial score (nSPS) is 30.9. The second kappa shape index (κ2) is 4.58. The van der Waals surface area contributed by atoms with Crippen LogP contribution in [0.15, 0.2) is 24.3 Å². The Hall–Kier alpha value is -1.02. The summed E-state index contributed by atoms with van der Waals surface area (Å²) in [6, 6.07) is 9.50.